The van der Waals surface area contributed by atoms with Gasteiger partial charge in [-0.3, -0.25) is 9.69 Å². The minimum atomic E-state index is 0.103. The Morgan fingerprint density at radius 1 is 1.29 bits per heavy atom. The summed E-state index contributed by atoms with van der Waals surface area (Å²) in [5.74, 6) is 0.680. The fourth-order valence-corrected chi connectivity index (χ4v) is 3.17. The van der Waals surface area contributed by atoms with Crippen LogP contribution in [-0.2, 0) is 4.74 Å². The molecule has 3 rings (SSSR count). The fourth-order valence-electron chi connectivity index (χ4n) is 3.17. The van der Waals surface area contributed by atoms with Gasteiger partial charge in [0.25, 0.3) is 5.91 Å². The fraction of sp³-hybridized carbons (Fsp3) is 0.562. The molecule has 0 radical (unpaired) electrons. The van der Waals surface area contributed by atoms with Crippen LogP contribution in [0.1, 0.15) is 16.8 Å². The van der Waals surface area contributed by atoms with Crippen molar-refractivity contribution in [1.82, 2.24) is 9.80 Å². The Morgan fingerprint density at radius 3 is 2.86 bits per heavy atom. The Kier molecular flexibility index (Phi) is 4.41. The number of likely N-dealkylation sites (tertiary alicyclic amines) is 1. The van der Waals surface area contributed by atoms with E-state index in [1.807, 2.05) is 23.1 Å². The molecular weight excluding hydrogens is 266 g/mol. The van der Waals surface area contributed by atoms with Gasteiger partial charge in [0.05, 0.1) is 13.2 Å². The maximum atomic E-state index is 12.5. The molecule has 0 spiro atoms. The van der Waals surface area contributed by atoms with Crippen LogP contribution in [0.2, 0.25) is 0 Å². The zero-order valence-corrected chi connectivity index (χ0v) is 12.3. The van der Waals surface area contributed by atoms with Crippen LogP contribution in [-0.4, -0.2) is 61.6 Å². The summed E-state index contributed by atoms with van der Waals surface area (Å²) in [6.45, 7) is 6.47. The molecule has 0 aliphatic carbocycles. The van der Waals surface area contributed by atoms with Crippen LogP contribution in [0.15, 0.2) is 24.3 Å². The van der Waals surface area contributed by atoms with Crippen LogP contribution < -0.4 is 5.73 Å². The number of ether oxygens (including phenoxy) is 1. The number of hydrogen-bond acceptors (Lipinski definition) is 4. The van der Waals surface area contributed by atoms with E-state index in [1.165, 1.54) is 0 Å². The second-order valence-corrected chi connectivity index (χ2v) is 5.94. The molecule has 1 amide bonds. The lowest BCUT2D eigenvalue weighted by atomic mass is 10.1. The molecule has 1 aromatic rings. The third-order valence-electron chi connectivity index (χ3n) is 4.33. The smallest absolute Gasteiger partial charge is 0.253 e. The molecule has 1 aromatic carbocycles. The number of nitrogen functional groups attached to an aromatic ring is 1. The van der Waals surface area contributed by atoms with Crippen LogP contribution >= 0.6 is 0 Å². The summed E-state index contributed by atoms with van der Waals surface area (Å²) < 4.78 is 5.37. The van der Waals surface area contributed by atoms with E-state index in [0.717, 1.165) is 52.4 Å². The van der Waals surface area contributed by atoms with E-state index in [1.54, 1.807) is 6.07 Å². The van der Waals surface area contributed by atoms with Crippen LogP contribution in [0.5, 0.6) is 0 Å². The Bertz CT molecular complexity index is 500. The van der Waals surface area contributed by atoms with Crippen LogP contribution in [0.25, 0.3) is 0 Å². The van der Waals surface area contributed by atoms with Gasteiger partial charge in [-0.25, -0.2) is 0 Å². The molecule has 5 heteroatoms. The standard InChI is InChI=1S/C16H23N3O2/c17-15-3-1-2-14(10-15)16(20)19-5-4-13(12-19)11-18-6-8-21-9-7-18/h1-3,10,13H,4-9,11-12,17H2. The number of morpholine rings is 1. The molecule has 0 bridgehead atoms. The zero-order chi connectivity index (χ0) is 14.7. The number of amides is 1. The molecule has 114 valence electrons. The molecule has 2 aliphatic rings. The Labute approximate surface area is 125 Å². The van der Waals surface area contributed by atoms with Crippen molar-refractivity contribution in [3.63, 3.8) is 0 Å². The van der Waals surface area contributed by atoms with Gasteiger partial charge < -0.3 is 15.4 Å². The Morgan fingerprint density at radius 2 is 2.10 bits per heavy atom. The molecule has 2 fully saturated rings. The van der Waals surface area contributed by atoms with E-state index < -0.39 is 0 Å². The van der Waals surface area contributed by atoms with Crippen molar-refractivity contribution in [2.24, 2.45) is 5.92 Å². The summed E-state index contributed by atoms with van der Waals surface area (Å²) in [6.07, 6.45) is 1.09. The molecule has 2 heterocycles. The number of nitrogens with two attached hydrogens (primary N) is 1. The second kappa shape index (κ2) is 6.45. The van der Waals surface area contributed by atoms with Gasteiger partial charge in [-0.05, 0) is 30.5 Å². The van der Waals surface area contributed by atoms with Crippen molar-refractivity contribution in [2.75, 3.05) is 51.7 Å². The van der Waals surface area contributed by atoms with Crippen LogP contribution in [0, 0.1) is 5.92 Å². The molecule has 1 unspecified atom stereocenters. The lowest BCUT2D eigenvalue weighted by Gasteiger charge is -2.29. The number of hydrogen-bond donors (Lipinski definition) is 1. The number of rotatable bonds is 3. The Balaban J connectivity index is 1.55. The molecule has 2 aliphatic heterocycles. The lowest BCUT2D eigenvalue weighted by Crippen LogP contribution is -2.40. The SMILES string of the molecule is Nc1cccc(C(=O)N2CCC(CN3CCOCC3)C2)c1. The van der Waals surface area contributed by atoms with Crippen molar-refractivity contribution in [3.05, 3.63) is 29.8 Å². The Hall–Kier alpha value is -1.59. The zero-order valence-electron chi connectivity index (χ0n) is 12.3. The highest BCUT2D eigenvalue weighted by atomic mass is 16.5. The lowest BCUT2D eigenvalue weighted by molar-refractivity contribution is 0.0310. The van der Waals surface area contributed by atoms with E-state index >= 15 is 0 Å². The summed E-state index contributed by atoms with van der Waals surface area (Å²) in [7, 11) is 0. The summed E-state index contributed by atoms with van der Waals surface area (Å²) in [5.41, 5.74) is 7.10. The number of carbonyl (C=O) groups is 1. The average Bonchev–Trinajstić information content (AvgIpc) is 2.96. The van der Waals surface area contributed by atoms with E-state index in [0.29, 0.717) is 17.2 Å². The molecule has 0 saturated carbocycles. The summed E-state index contributed by atoms with van der Waals surface area (Å²) in [6, 6.07) is 7.25. The number of benzene rings is 1. The molecule has 2 N–H and O–H groups in total. The average molecular weight is 289 g/mol. The van der Waals surface area contributed by atoms with E-state index in [9.17, 15) is 4.79 Å². The highest BCUT2D eigenvalue weighted by Gasteiger charge is 2.28. The monoisotopic (exact) mass is 289 g/mol. The van der Waals surface area contributed by atoms with Gasteiger partial charge in [-0.1, -0.05) is 6.07 Å². The molecular formula is C16H23N3O2. The molecule has 21 heavy (non-hydrogen) atoms. The minimum absolute atomic E-state index is 0.103. The van der Waals surface area contributed by atoms with Crippen LogP contribution in [0.3, 0.4) is 0 Å². The predicted molar refractivity (Wildman–Crippen MR) is 82.1 cm³/mol. The number of anilines is 1. The highest BCUT2D eigenvalue weighted by molar-refractivity contribution is 5.95. The van der Waals surface area contributed by atoms with Gasteiger partial charge in [0.2, 0.25) is 0 Å². The van der Waals surface area contributed by atoms with Gasteiger partial charge in [0.15, 0.2) is 0 Å². The molecule has 1 atom stereocenters. The van der Waals surface area contributed by atoms with Gasteiger partial charge >= 0.3 is 0 Å². The van der Waals surface area contributed by atoms with E-state index in [2.05, 4.69) is 4.90 Å². The minimum Gasteiger partial charge on any atom is -0.399 e. The van der Waals surface area contributed by atoms with Crippen LogP contribution in [0.4, 0.5) is 5.69 Å². The quantitative estimate of drug-likeness (QED) is 0.846. The maximum Gasteiger partial charge on any atom is 0.253 e. The topological polar surface area (TPSA) is 58.8 Å². The first-order chi connectivity index (χ1) is 10.2. The third-order valence-corrected chi connectivity index (χ3v) is 4.33. The highest BCUT2D eigenvalue weighted by Crippen LogP contribution is 2.21. The first-order valence-electron chi connectivity index (χ1n) is 7.67. The summed E-state index contributed by atoms with van der Waals surface area (Å²) in [4.78, 5) is 16.9. The van der Waals surface area contributed by atoms with Gasteiger partial charge in [-0.2, -0.15) is 0 Å². The third kappa shape index (κ3) is 3.54. The molecule has 2 saturated heterocycles. The van der Waals surface area contributed by atoms with Crippen molar-refractivity contribution >= 4 is 11.6 Å². The van der Waals surface area contributed by atoms with Crippen molar-refractivity contribution in [3.8, 4) is 0 Å². The maximum absolute atomic E-state index is 12.5. The first-order valence-corrected chi connectivity index (χ1v) is 7.67. The largest absolute Gasteiger partial charge is 0.399 e. The normalized spacial score (nSPS) is 23.4. The van der Waals surface area contributed by atoms with Gasteiger partial charge in [-0.15, -0.1) is 0 Å². The summed E-state index contributed by atoms with van der Waals surface area (Å²) in [5, 5.41) is 0. The molecule has 5 nitrogen and oxygen atoms in total. The van der Waals surface area contributed by atoms with Crippen molar-refractivity contribution < 1.29 is 9.53 Å². The van der Waals surface area contributed by atoms with Gasteiger partial charge in [0.1, 0.15) is 0 Å². The summed E-state index contributed by atoms with van der Waals surface area (Å²) >= 11 is 0. The van der Waals surface area contributed by atoms with Crippen molar-refractivity contribution in [1.29, 1.82) is 0 Å². The van der Waals surface area contributed by atoms with Crippen molar-refractivity contribution in [2.45, 2.75) is 6.42 Å². The number of nitrogens with zero attached hydrogens (tertiary/aromatic N) is 2. The van der Waals surface area contributed by atoms with Gasteiger partial charge in [0, 0.05) is 44.0 Å². The number of carbonyl (C=O) groups excluding carboxylic acids is 1. The molecule has 0 aromatic heterocycles. The first kappa shape index (κ1) is 14.4. The predicted octanol–water partition coefficient (Wildman–Crippen LogP) is 1.06. The van der Waals surface area contributed by atoms with E-state index in [4.69, 9.17) is 10.5 Å². The second-order valence-electron chi connectivity index (χ2n) is 5.94. The van der Waals surface area contributed by atoms with E-state index in [-0.39, 0.29) is 5.91 Å².